The first-order valence-electron chi connectivity index (χ1n) is 6.94. The van der Waals surface area contributed by atoms with E-state index in [1.54, 1.807) is 18.4 Å². The van der Waals surface area contributed by atoms with Gasteiger partial charge in [0.05, 0.1) is 13.7 Å². The van der Waals surface area contributed by atoms with E-state index in [-0.39, 0.29) is 11.9 Å². The lowest BCUT2D eigenvalue weighted by Gasteiger charge is -2.09. The molecule has 2 aromatic rings. The van der Waals surface area contributed by atoms with E-state index in [9.17, 15) is 4.79 Å². The van der Waals surface area contributed by atoms with Crippen molar-refractivity contribution in [2.75, 3.05) is 13.7 Å². The van der Waals surface area contributed by atoms with Crippen LogP contribution in [0.2, 0.25) is 0 Å². The van der Waals surface area contributed by atoms with Crippen LogP contribution in [0.4, 0.5) is 0 Å². The van der Waals surface area contributed by atoms with Gasteiger partial charge in [0, 0.05) is 23.5 Å². The Bertz CT molecular complexity index is 612. The van der Waals surface area contributed by atoms with Crippen LogP contribution in [0.15, 0.2) is 41.8 Å². The van der Waals surface area contributed by atoms with Crippen LogP contribution < -0.4 is 10.1 Å². The number of ether oxygens (including phenoxy) is 1. The number of methoxy groups -OCH3 is 1. The van der Waals surface area contributed by atoms with Crippen molar-refractivity contribution in [2.24, 2.45) is 0 Å². The normalized spacial score (nSPS) is 20.0. The minimum atomic E-state index is -0.00475. The van der Waals surface area contributed by atoms with E-state index in [1.165, 1.54) is 4.88 Å². The Morgan fingerprint density at radius 1 is 1.38 bits per heavy atom. The number of nitrogens with zero attached hydrogens (tertiary/aromatic N) is 1. The summed E-state index contributed by atoms with van der Waals surface area (Å²) in [6.07, 6.45) is 0. The number of hydrogen-bond acceptors (Lipinski definition) is 4. The van der Waals surface area contributed by atoms with Crippen LogP contribution in [0.5, 0.6) is 5.75 Å². The zero-order chi connectivity index (χ0) is 14.7. The maximum absolute atomic E-state index is 12.1. The molecule has 0 spiro atoms. The molecule has 2 atom stereocenters. The zero-order valence-electron chi connectivity index (χ0n) is 11.9. The van der Waals surface area contributed by atoms with Crippen molar-refractivity contribution < 1.29 is 9.53 Å². The van der Waals surface area contributed by atoms with Gasteiger partial charge in [-0.3, -0.25) is 9.69 Å². The maximum atomic E-state index is 12.1. The highest BCUT2D eigenvalue weighted by Gasteiger charge is 2.40. The second-order valence-corrected chi connectivity index (χ2v) is 6.09. The molecule has 0 bridgehead atoms. The van der Waals surface area contributed by atoms with E-state index in [2.05, 4.69) is 10.2 Å². The molecule has 1 aromatic carbocycles. The summed E-state index contributed by atoms with van der Waals surface area (Å²) < 4.78 is 5.34. The Morgan fingerprint density at radius 3 is 3.00 bits per heavy atom. The van der Waals surface area contributed by atoms with Crippen molar-refractivity contribution in [3.63, 3.8) is 0 Å². The second-order valence-electron chi connectivity index (χ2n) is 5.05. The molecular formula is C16H18N2O2S. The van der Waals surface area contributed by atoms with Crippen LogP contribution in [0.25, 0.3) is 0 Å². The fourth-order valence-electron chi connectivity index (χ4n) is 2.36. The average Bonchev–Trinajstić information content (AvgIpc) is 3.08. The van der Waals surface area contributed by atoms with Gasteiger partial charge in [0.15, 0.2) is 0 Å². The van der Waals surface area contributed by atoms with E-state index in [0.29, 0.717) is 6.54 Å². The minimum absolute atomic E-state index is 0.00475. The number of rotatable bonds is 6. The number of hydrogen-bond donors (Lipinski definition) is 1. The number of amides is 1. The lowest BCUT2D eigenvalue weighted by molar-refractivity contribution is -0.121. The number of carbonyl (C=O) groups excluding carboxylic acids is 1. The first-order valence-corrected chi connectivity index (χ1v) is 7.82. The van der Waals surface area contributed by atoms with Gasteiger partial charge in [0.1, 0.15) is 11.8 Å². The van der Waals surface area contributed by atoms with E-state index in [4.69, 9.17) is 4.74 Å². The summed E-state index contributed by atoms with van der Waals surface area (Å²) in [5, 5.41) is 5.01. The summed E-state index contributed by atoms with van der Waals surface area (Å²) >= 11 is 1.66. The van der Waals surface area contributed by atoms with Gasteiger partial charge in [-0.15, -0.1) is 11.3 Å². The van der Waals surface area contributed by atoms with Crippen LogP contribution in [0.1, 0.15) is 10.4 Å². The summed E-state index contributed by atoms with van der Waals surface area (Å²) in [6, 6.07) is 12.0. The van der Waals surface area contributed by atoms with Crippen LogP contribution in [-0.2, 0) is 17.9 Å². The summed E-state index contributed by atoms with van der Waals surface area (Å²) in [6.45, 7) is 2.19. The first kappa shape index (κ1) is 14.1. The molecule has 0 radical (unpaired) electrons. The van der Waals surface area contributed by atoms with Gasteiger partial charge >= 0.3 is 0 Å². The first-order chi connectivity index (χ1) is 10.3. The predicted octanol–water partition coefficient (Wildman–Crippen LogP) is 2.26. The molecule has 1 aliphatic rings. The summed E-state index contributed by atoms with van der Waals surface area (Å²) in [4.78, 5) is 15.4. The predicted molar refractivity (Wildman–Crippen MR) is 83.4 cm³/mol. The van der Waals surface area contributed by atoms with Crippen molar-refractivity contribution in [1.29, 1.82) is 0 Å². The molecule has 1 aromatic heterocycles. The molecule has 2 heterocycles. The maximum Gasteiger partial charge on any atom is 0.238 e. The molecule has 0 saturated carbocycles. The Hall–Kier alpha value is -1.85. The van der Waals surface area contributed by atoms with Crippen LogP contribution in [0.3, 0.4) is 0 Å². The molecule has 1 aliphatic heterocycles. The fourth-order valence-corrected chi connectivity index (χ4v) is 3.00. The SMILES string of the molecule is COc1ccccc1CN1CC1C(=O)NCc1cccs1. The number of carbonyl (C=O) groups is 1. The second kappa shape index (κ2) is 6.28. The topological polar surface area (TPSA) is 41.3 Å². The monoisotopic (exact) mass is 302 g/mol. The number of thiophene rings is 1. The number of nitrogens with one attached hydrogen (secondary N) is 1. The van der Waals surface area contributed by atoms with E-state index in [0.717, 1.165) is 24.4 Å². The summed E-state index contributed by atoms with van der Waals surface area (Å²) in [5.41, 5.74) is 1.12. The molecule has 2 unspecified atom stereocenters. The fraction of sp³-hybridized carbons (Fsp3) is 0.312. The Morgan fingerprint density at radius 2 is 2.24 bits per heavy atom. The van der Waals surface area contributed by atoms with Crippen LogP contribution in [0, 0.1) is 0 Å². The number of benzene rings is 1. The van der Waals surface area contributed by atoms with Gasteiger partial charge in [-0.2, -0.15) is 0 Å². The highest BCUT2D eigenvalue weighted by atomic mass is 32.1. The molecule has 4 nitrogen and oxygen atoms in total. The van der Waals surface area contributed by atoms with Crippen molar-refractivity contribution in [2.45, 2.75) is 19.1 Å². The Labute approximate surface area is 128 Å². The summed E-state index contributed by atoms with van der Waals surface area (Å²) in [5.74, 6) is 0.987. The van der Waals surface area contributed by atoms with Crippen molar-refractivity contribution >= 4 is 17.2 Å². The Kier molecular flexibility index (Phi) is 4.22. The van der Waals surface area contributed by atoms with Gasteiger partial charge in [-0.1, -0.05) is 24.3 Å². The van der Waals surface area contributed by atoms with Gasteiger partial charge in [0.2, 0.25) is 5.91 Å². The lowest BCUT2D eigenvalue weighted by Crippen LogP contribution is -2.29. The van der Waals surface area contributed by atoms with Crippen molar-refractivity contribution in [3.05, 3.63) is 52.2 Å². The molecule has 1 amide bonds. The van der Waals surface area contributed by atoms with Gasteiger partial charge in [-0.25, -0.2) is 0 Å². The third-order valence-corrected chi connectivity index (χ3v) is 4.48. The zero-order valence-corrected chi connectivity index (χ0v) is 12.7. The van der Waals surface area contributed by atoms with Crippen molar-refractivity contribution in [1.82, 2.24) is 10.2 Å². The van der Waals surface area contributed by atoms with E-state index < -0.39 is 0 Å². The van der Waals surface area contributed by atoms with Crippen molar-refractivity contribution in [3.8, 4) is 5.75 Å². The molecule has 21 heavy (non-hydrogen) atoms. The average molecular weight is 302 g/mol. The van der Waals surface area contributed by atoms with Gasteiger partial charge in [-0.05, 0) is 17.5 Å². The summed E-state index contributed by atoms with van der Waals surface area (Å²) in [7, 11) is 1.67. The molecule has 1 N–H and O–H groups in total. The largest absolute Gasteiger partial charge is 0.496 e. The lowest BCUT2D eigenvalue weighted by atomic mass is 10.2. The highest BCUT2D eigenvalue weighted by Crippen LogP contribution is 2.26. The molecule has 5 heteroatoms. The van der Waals surface area contributed by atoms with Gasteiger partial charge in [0.25, 0.3) is 0 Å². The van der Waals surface area contributed by atoms with Gasteiger partial charge < -0.3 is 10.1 Å². The quantitative estimate of drug-likeness (QED) is 0.832. The molecule has 110 valence electrons. The minimum Gasteiger partial charge on any atom is -0.496 e. The molecule has 0 aliphatic carbocycles. The van der Waals surface area contributed by atoms with E-state index >= 15 is 0 Å². The third-order valence-electron chi connectivity index (χ3n) is 3.60. The number of para-hydroxylation sites is 1. The van der Waals surface area contributed by atoms with Crippen LogP contribution >= 0.6 is 11.3 Å². The molecular weight excluding hydrogens is 284 g/mol. The van der Waals surface area contributed by atoms with E-state index in [1.807, 2.05) is 41.8 Å². The van der Waals surface area contributed by atoms with Crippen LogP contribution in [-0.4, -0.2) is 30.5 Å². The molecule has 1 fully saturated rings. The molecule has 1 saturated heterocycles. The third kappa shape index (κ3) is 3.43. The standard InChI is InChI=1S/C16H18N2O2S/c1-20-15-7-3-2-5-12(15)10-18-11-14(18)16(19)17-9-13-6-4-8-21-13/h2-8,14H,9-11H2,1H3,(H,17,19). The Balaban J connectivity index is 1.50. The molecule has 3 rings (SSSR count). The smallest absolute Gasteiger partial charge is 0.238 e. The highest BCUT2D eigenvalue weighted by molar-refractivity contribution is 7.09.